The molecule has 0 spiro atoms. The summed E-state index contributed by atoms with van der Waals surface area (Å²) in [5.41, 5.74) is 1.78. The Balaban J connectivity index is 2.81. The molecule has 0 unspecified atom stereocenters. The molecule has 0 radical (unpaired) electrons. The van der Waals surface area contributed by atoms with Gasteiger partial charge in [-0.2, -0.15) is 4.39 Å². The Hall–Kier alpha value is -1.49. The number of rotatable bonds is 5. The van der Waals surface area contributed by atoms with Crippen LogP contribution in [-0.2, 0) is 0 Å². The van der Waals surface area contributed by atoms with Gasteiger partial charge in [0.1, 0.15) is 5.82 Å². The lowest BCUT2D eigenvalue weighted by molar-refractivity contribution is 0.581. The second-order valence-corrected chi connectivity index (χ2v) is 12.8. The maximum atomic E-state index is 14.6. The van der Waals surface area contributed by atoms with E-state index in [1.807, 2.05) is 6.20 Å². The van der Waals surface area contributed by atoms with Crippen molar-refractivity contribution in [3.05, 3.63) is 42.4 Å². The zero-order valence-electron chi connectivity index (χ0n) is 14.8. The summed E-state index contributed by atoms with van der Waals surface area (Å²) in [6.45, 7) is 13.2. The molecular weight excluding hydrogens is 310 g/mol. The van der Waals surface area contributed by atoms with Gasteiger partial charge in [-0.15, -0.1) is 0 Å². The number of nitrogens with zero attached hydrogens (tertiary/aromatic N) is 2. The molecule has 2 aromatic heterocycles. The van der Waals surface area contributed by atoms with Crippen molar-refractivity contribution in [2.24, 2.45) is 0 Å². The molecule has 0 aliphatic rings. The van der Waals surface area contributed by atoms with Crippen LogP contribution in [0.15, 0.2) is 30.6 Å². The van der Waals surface area contributed by atoms with Gasteiger partial charge in [0.2, 0.25) is 5.95 Å². The van der Waals surface area contributed by atoms with Gasteiger partial charge in [-0.25, -0.2) is 9.37 Å². The average molecular weight is 337 g/mol. The molecule has 0 fully saturated rings. The maximum absolute atomic E-state index is 14.6. The summed E-state index contributed by atoms with van der Waals surface area (Å²) in [7, 11) is -2.15. The minimum absolute atomic E-state index is 0.244. The molecule has 2 rings (SSSR count). The molecule has 0 aliphatic carbocycles. The summed E-state index contributed by atoms with van der Waals surface area (Å²) in [6.07, 6.45) is 3.20. The molecule has 5 heteroatoms. The molecule has 0 saturated heterocycles. The highest BCUT2D eigenvalue weighted by Crippen LogP contribution is 2.45. The minimum Gasteiger partial charge on any atom is -0.371 e. The molecule has 2 heterocycles. The fourth-order valence-electron chi connectivity index (χ4n) is 4.39. The molecule has 0 bridgehead atoms. The second-order valence-electron chi connectivity index (χ2n) is 7.08. The van der Waals surface area contributed by atoms with Crippen molar-refractivity contribution in [2.75, 3.05) is 0 Å². The minimum atomic E-state index is -2.15. The van der Waals surface area contributed by atoms with E-state index in [4.69, 9.17) is 0 Å². The van der Waals surface area contributed by atoms with Crippen LogP contribution < -0.4 is 0 Å². The van der Waals surface area contributed by atoms with Crippen molar-refractivity contribution in [2.45, 2.75) is 58.2 Å². The highest BCUT2D eigenvalue weighted by atomic mass is 28.3. The lowest BCUT2D eigenvalue weighted by Gasteiger charge is -2.45. The first-order valence-corrected chi connectivity index (χ1v) is 10.4. The van der Waals surface area contributed by atoms with Crippen LogP contribution in [-0.4, -0.2) is 17.5 Å². The van der Waals surface area contributed by atoms with Crippen LogP contribution in [0.4, 0.5) is 8.78 Å². The first kappa shape index (κ1) is 17.9. The van der Waals surface area contributed by atoms with Gasteiger partial charge >= 0.3 is 0 Å². The Bertz CT molecular complexity index is 656. The van der Waals surface area contributed by atoms with Crippen molar-refractivity contribution in [3.63, 3.8) is 0 Å². The number of aromatic nitrogens is 2. The van der Waals surface area contributed by atoms with Gasteiger partial charge in [-0.05, 0) is 41.0 Å². The van der Waals surface area contributed by atoms with Gasteiger partial charge in [0.25, 0.3) is 0 Å². The van der Waals surface area contributed by atoms with Crippen LogP contribution in [0.25, 0.3) is 11.3 Å². The van der Waals surface area contributed by atoms with E-state index in [-0.39, 0.29) is 11.4 Å². The van der Waals surface area contributed by atoms with E-state index in [9.17, 15) is 8.78 Å². The predicted molar refractivity (Wildman–Crippen MR) is 94.0 cm³/mol. The second kappa shape index (κ2) is 6.55. The van der Waals surface area contributed by atoms with Crippen molar-refractivity contribution in [1.82, 2.24) is 9.22 Å². The molecular formula is C18H26F2N2Si. The smallest absolute Gasteiger partial charge is 0.222 e. The summed E-state index contributed by atoms with van der Waals surface area (Å²) >= 11 is 0. The lowest BCUT2D eigenvalue weighted by Crippen LogP contribution is -2.52. The first-order valence-electron chi connectivity index (χ1n) is 8.22. The molecule has 2 aromatic rings. The first-order chi connectivity index (χ1) is 10.7. The van der Waals surface area contributed by atoms with E-state index in [0.29, 0.717) is 22.3 Å². The highest BCUT2D eigenvalue weighted by molar-refractivity contribution is 6.82. The molecule has 0 saturated carbocycles. The molecule has 0 aliphatic heterocycles. The van der Waals surface area contributed by atoms with Crippen LogP contribution >= 0.6 is 0 Å². The number of hydrogen-bond donors (Lipinski definition) is 0. The maximum Gasteiger partial charge on any atom is 0.222 e. The topological polar surface area (TPSA) is 17.8 Å². The van der Waals surface area contributed by atoms with Crippen molar-refractivity contribution in [3.8, 4) is 11.3 Å². The monoisotopic (exact) mass is 336 g/mol. The molecule has 2 nitrogen and oxygen atoms in total. The van der Waals surface area contributed by atoms with E-state index in [2.05, 4.69) is 50.8 Å². The van der Waals surface area contributed by atoms with E-state index in [1.165, 1.54) is 12.3 Å². The average Bonchev–Trinajstić information content (AvgIpc) is 2.81. The van der Waals surface area contributed by atoms with Crippen molar-refractivity contribution in [1.29, 1.82) is 0 Å². The van der Waals surface area contributed by atoms with Crippen molar-refractivity contribution < 1.29 is 8.78 Å². The summed E-state index contributed by atoms with van der Waals surface area (Å²) in [6, 6.07) is 4.71. The van der Waals surface area contributed by atoms with Crippen LogP contribution in [0, 0.1) is 11.8 Å². The Morgan fingerprint density at radius 3 is 2.00 bits per heavy atom. The Morgan fingerprint density at radius 2 is 1.52 bits per heavy atom. The largest absolute Gasteiger partial charge is 0.371 e. The van der Waals surface area contributed by atoms with Crippen LogP contribution in [0.3, 0.4) is 0 Å². The van der Waals surface area contributed by atoms with Gasteiger partial charge in [-0.1, -0.05) is 41.5 Å². The summed E-state index contributed by atoms with van der Waals surface area (Å²) in [5, 5.41) is 0. The summed E-state index contributed by atoms with van der Waals surface area (Å²) in [5.74, 6) is -0.999. The predicted octanol–water partition coefficient (Wildman–Crippen LogP) is 5.85. The van der Waals surface area contributed by atoms with Gasteiger partial charge < -0.3 is 4.23 Å². The molecule has 23 heavy (non-hydrogen) atoms. The zero-order valence-corrected chi connectivity index (χ0v) is 15.8. The SMILES string of the molecule is CC(C)[Si](C(C)C)(C(C)C)n1ccc(F)c1-c1cccnc1F. The van der Waals surface area contributed by atoms with Gasteiger partial charge in [0, 0.05) is 6.20 Å². The third-order valence-corrected chi connectivity index (χ3v) is 11.8. The third-order valence-electron chi connectivity index (χ3n) is 5.04. The van der Waals surface area contributed by atoms with Gasteiger partial charge in [-0.3, -0.25) is 0 Å². The normalized spacial score (nSPS) is 12.7. The molecule has 0 amide bonds. The highest BCUT2D eigenvalue weighted by Gasteiger charge is 2.46. The van der Waals surface area contributed by atoms with E-state index >= 15 is 0 Å². The molecule has 0 aromatic carbocycles. The fourth-order valence-corrected chi connectivity index (χ4v) is 11.0. The van der Waals surface area contributed by atoms with Gasteiger partial charge in [0.15, 0.2) is 8.24 Å². The Labute approximate surface area is 138 Å². The van der Waals surface area contributed by atoms with Gasteiger partial charge in [0.05, 0.1) is 11.3 Å². The molecule has 0 N–H and O–H groups in total. The van der Waals surface area contributed by atoms with Crippen molar-refractivity contribution >= 4 is 8.24 Å². The molecule has 0 atom stereocenters. The number of pyridine rings is 1. The van der Waals surface area contributed by atoms with Crippen LogP contribution in [0.1, 0.15) is 41.5 Å². The standard InChI is InChI=1S/C18H26F2N2Si/c1-12(2)23(13(3)4,14(5)6)22-11-9-16(19)17(22)15-8-7-10-21-18(15)20/h7-14H,1-6H3. The Kier molecular flexibility index (Phi) is 5.09. The van der Waals surface area contributed by atoms with Crippen LogP contribution in [0.2, 0.25) is 16.6 Å². The van der Waals surface area contributed by atoms with E-state index in [0.717, 1.165) is 0 Å². The van der Waals surface area contributed by atoms with E-state index in [1.54, 1.807) is 12.1 Å². The van der Waals surface area contributed by atoms with E-state index < -0.39 is 14.2 Å². The molecule has 126 valence electrons. The number of hydrogen-bond acceptors (Lipinski definition) is 1. The zero-order chi connectivity index (χ0) is 17.4. The summed E-state index contributed by atoms with van der Waals surface area (Å²) in [4.78, 5) is 3.70. The van der Waals surface area contributed by atoms with Crippen LogP contribution in [0.5, 0.6) is 0 Å². The summed E-state index contributed by atoms with van der Waals surface area (Å²) < 4.78 is 30.9. The quantitative estimate of drug-likeness (QED) is 0.494. The third kappa shape index (κ3) is 2.75. The lowest BCUT2D eigenvalue weighted by atomic mass is 10.2. The Morgan fingerprint density at radius 1 is 0.957 bits per heavy atom. The number of halogens is 2. The fraction of sp³-hybridized carbons (Fsp3) is 0.500.